The Kier molecular flexibility index (Phi) is 2.63. The van der Waals surface area contributed by atoms with Gasteiger partial charge in [-0.1, -0.05) is 6.92 Å². The van der Waals surface area contributed by atoms with Gasteiger partial charge in [-0.05, 0) is 38.0 Å². The summed E-state index contributed by atoms with van der Waals surface area (Å²) >= 11 is 0. The Morgan fingerprint density at radius 1 is 1.39 bits per heavy atom. The Bertz CT molecular complexity index is 584. The van der Waals surface area contributed by atoms with Gasteiger partial charge >= 0.3 is 0 Å². The van der Waals surface area contributed by atoms with Crippen LogP contribution >= 0.6 is 0 Å². The number of hydrogen-bond donors (Lipinski definition) is 1. The molecule has 2 unspecified atom stereocenters. The average Bonchev–Trinajstić information content (AvgIpc) is 3.09. The van der Waals surface area contributed by atoms with Crippen molar-refractivity contribution in [3.63, 3.8) is 0 Å². The maximum absolute atomic E-state index is 13.4. The third-order valence-electron chi connectivity index (χ3n) is 3.79. The summed E-state index contributed by atoms with van der Waals surface area (Å²) in [5, 5.41) is 0. The van der Waals surface area contributed by atoms with Gasteiger partial charge in [-0.2, -0.15) is 0 Å². The summed E-state index contributed by atoms with van der Waals surface area (Å²) in [6, 6.07) is 5.32. The van der Waals surface area contributed by atoms with Gasteiger partial charge in [-0.25, -0.2) is 9.37 Å². The second-order valence-electron chi connectivity index (χ2n) is 5.35. The first kappa shape index (κ1) is 11.7. The minimum Gasteiger partial charge on any atom is -0.327 e. The number of imidazole rings is 1. The van der Waals surface area contributed by atoms with Crippen LogP contribution in [0.2, 0.25) is 0 Å². The van der Waals surface area contributed by atoms with E-state index < -0.39 is 0 Å². The molecule has 96 valence electrons. The van der Waals surface area contributed by atoms with Crippen LogP contribution in [-0.2, 0) is 0 Å². The molecule has 2 aromatic rings. The zero-order valence-electron chi connectivity index (χ0n) is 10.7. The molecule has 0 aliphatic heterocycles. The van der Waals surface area contributed by atoms with E-state index in [9.17, 15) is 4.39 Å². The summed E-state index contributed by atoms with van der Waals surface area (Å²) < 4.78 is 15.6. The van der Waals surface area contributed by atoms with Crippen molar-refractivity contribution in [2.75, 3.05) is 0 Å². The molecular formula is C14H18FN3. The largest absolute Gasteiger partial charge is 0.327 e. The van der Waals surface area contributed by atoms with Gasteiger partial charge in [0, 0.05) is 18.0 Å². The summed E-state index contributed by atoms with van der Waals surface area (Å²) in [5.74, 6) is 0.971. The maximum Gasteiger partial charge on any atom is 0.125 e. The Labute approximate surface area is 106 Å². The molecule has 1 fully saturated rings. The number of aromatic nitrogens is 2. The Morgan fingerprint density at radius 2 is 2.11 bits per heavy atom. The molecule has 0 amide bonds. The van der Waals surface area contributed by atoms with Gasteiger partial charge in [0.1, 0.15) is 11.6 Å². The van der Waals surface area contributed by atoms with E-state index in [0.717, 1.165) is 29.7 Å². The normalized spacial score (nSPS) is 19.1. The van der Waals surface area contributed by atoms with Crippen LogP contribution in [0.3, 0.4) is 0 Å². The van der Waals surface area contributed by atoms with Crippen LogP contribution in [0.15, 0.2) is 18.2 Å². The van der Waals surface area contributed by atoms with Gasteiger partial charge in [0.15, 0.2) is 0 Å². The second-order valence-corrected chi connectivity index (χ2v) is 5.35. The highest BCUT2D eigenvalue weighted by atomic mass is 19.1. The molecule has 0 saturated heterocycles. The topological polar surface area (TPSA) is 43.8 Å². The number of nitrogens with zero attached hydrogens (tertiary/aromatic N) is 2. The molecule has 1 aliphatic rings. The molecule has 1 heterocycles. The minimum atomic E-state index is -0.204. The van der Waals surface area contributed by atoms with E-state index in [1.54, 1.807) is 12.1 Å². The average molecular weight is 247 g/mol. The fraction of sp³-hybridized carbons (Fsp3) is 0.500. The van der Waals surface area contributed by atoms with Crippen LogP contribution in [0.25, 0.3) is 11.0 Å². The fourth-order valence-electron chi connectivity index (χ4n) is 2.36. The Hall–Kier alpha value is -1.42. The number of halogens is 1. The second kappa shape index (κ2) is 4.05. The van der Waals surface area contributed by atoms with E-state index in [0.29, 0.717) is 6.04 Å². The molecule has 2 N–H and O–H groups in total. The van der Waals surface area contributed by atoms with Crippen LogP contribution in [0.1, 0.15) is 44.5 Å². The van der Waals surface area contributed by atoms with Gasteiger partial charge < -0.3 is 10.3 Å². The predicted molar refractivity (Wildman–Crippen MR) is 70.0 cm³/mol. The van der Waals surface area contributed by atoms with E-state index in [1.807, 2.05) is 6.92 Å². The van der Waals surface area contributed by atoms with E-state index in [1.165, 1.54) is 6.07 Å². The SMILES string of the molecule is CC(N)C(C)c1nc2ccc(F)cc2n1C1CC1. The molecule has 18 heavy (non-hydrogen) atoms. The summed E-state index contributed by atoms with van der Waals surface area (Å²) in [5.41, 5.74) is 7.75. The molecule has 0 radical (unpaired) electrons. The van der Waals surface area contributed by atoms with Gasteiger partial charge in [0.2, 0.25) is 0 Å². The van der Waals surface area contributed by atoms with Gasteiger partial charge in [-0.3, -0.25) is 0 Å². The van der Waals surface area contributed by atoms with Crippen molar-refractivity contribution >= 4 is 11.0 Å². The van der Waals surface area contributed by atoms with Crippen LogP contribution in [-0.4, -0.2) is 15.6 Å². The first-order chi connectivity index (χ1) is 8.58. The van der Waals surface area contributed by atoms with E-state index in [4.69, 9.17) is 5.73 Å². The molecule has 1 aliphatic carbocycles. The molecule has 4 heteroatoms. The lowest BCUT2D eigenvalue weighted by Gasteiger charge is -2.17. The van der Waals surface area contributed by atoms with Gasteiger partial charge in [-0.15, -0.1) is 0 Å². The summed E-state index contributed by atoms with van der Waals surface area (Å²) in [7, 11) is 0. The molecule has 3 rings (SSSR count). The van der Waals surface area contributed by atoms with Crippen molar-refractivity contribution < 1.29 is 4.39 Å². The van der Waals surface area contributed by atoms with Crippen LogP contribution in [0.4, 0.5) is 4.39 Å². The summed E-state index contributed by atoms with van der Waals surface area (Å²) in [6.07, 6.45) is 2.31. The Morgan fingerprint density at radius 3 is 2.72 bits per heavy atom. The molecule has 1 aromatic carbocycles. The summed E-state index contributed by atoms with van der Waals surface area (Å²) in [6.45, 7) is 4.07. The van der Waals surface area contributed by atoms with Crippen molar-refractivity contribution in [1.82, 2.24) is 9.55 Å². The van der Waals surface area contributed by atoms with E-state index in [2.05, 4.69) is 16.5 Å². The molecule has 0 spiro atoms. The molecule has 1 saturated carbocycles. The van der Waals surface area contributed by atoms with Crippen molar-refractivity contribution in [2.24, 2.45) is 5.73 Å². The van der Waals surface area contributed by atoms with Gasteiger partial charge in [0.25, 0.3) is 0 Å². The zero-order chi connectivity index (χ0) is 12.9. The van der Waals surface area contributed by atoms with Crippen LogP contribution in [0, 0.1) is 5.82 Å². The quantitative estimate of drug-likeness (QED) is 0.906. The minimum absolute atomic E-state index is 0.0455. The Balaban J connectivity index is 2.21. The highest BCUT2D eigenvalue weighted by Gasteiger charge is 2.30. The number of rotatable bonds is 3. The lowest BCUT2D eigenvalue weighted by Crippen LogP contribution is -2.25. The lowest BCUT2D eigenvalue weighted by atomic mass is 10.0. The first-order valence-electron chi connectivity index (χ1n) is 6.51. The van der Waals surface area contributed by atoms with Crippen LogP contribution < -0.4 is 5.73 Å². The number of hydrogen-bond acceptors (Lipinski definition) is 2. The van der Waals surface area contributed by atoms with Gasteiger partial charge in [0.05, 0.1) is 11.0 Å². The molecule has 1 aromatic heterocycles. The standard InChI is InChI=1S/C14H18FN3/c1-8(9(2)16)14-17-12-6-3-10(15)7-13(12)18(14)11-4-5-11/h3,6-9,11H,4-5,16H2,1-2H3. The first-order valence-corrected chi connectivity index (χ1v) is 6.51. The lowest BCUT2D eigenvalue weighted by molar-refractivity contribution is 0.546. The number of nitrogens with two attached hydrogens (primary N) is 1. The van der Waals surface area contributed by atoms with Crippen molar-refractivity contribution in [3.8, 4) is 0 Å². The third kappa shape index (κ3) is 1.81. The summed E-state index contributed by atoms with van der Waals surface area (Å²) in [4.78, 5) is 4.65. The smallest absolute Gasteiger partial charge is 0.125 e. The highest BCUT2D eigenvalue weighted by molar-refractivity contribution is 5.76. The van der Waals surface area contributed by atoms with Crippen LogP contribution in [0.5, 0.6) is 0 Å². The van der Waals surface area contributed by atoms with E-state index in [-0.39, 0.29) is 17.8 Å². The molecule has 2 atom stereocenters. The van der Waals surface area contributed by atoms with Crippen molar-refractivity contribution in [3.05, 3.63) is 29.8 Å². The van der Waals surface area contributed by atoms with Crippen molar-refractivity contribution in [1.29, 1.82) is 0 Å². The third-order valence-corrected chi connectivity index (χ3v) is 3.79. The molecular weight excluding hydrogens is 229 g/mol. The number of fused-ring (bicyclic) bond motifs is 1. The predicted octanol–water partition coefficient (Wildman–Crippen LogP) is 2.96. The molecule has 3 nitrogen and oxygen atoms in total. The maximum atomic E-state index is 13.4. The fourth-order valence-corrected chi connectivity index (χ4v) is 2.36. The van der Waals surface area contributed by atoms with Crippen molar-refractivity contribution in [2.45, 2.75) is 44.7 Å². The van der Waals surface area contributed by atoms with E-state index >= 15 is 0 Å². The monoisotopic (exact) mass is 247 g/mol. The highest BCUT2D eigenvalue weighted by Crippen LogP contribution is 2.40. The number of benzene rings is 1. The molecule has 0 bridgehead atoms. The zero-order valence-corrected chi connectivity index (χ0v) is 10.7.